The van der Waals surface area contributed by atoms with E-state index in [0.29, 0.717) is 31.0 Å². The summed E-state index contributed by atoms with van der Waals surface area (Å²) in [4.78, 5) is 12.6. The van der Waals surface area contributed by atoms with Crippen molar-refractivity contribution in [3.8, 4) is 0 Å². The minimum absolute atomic E-state index is 0.0282. The van der Waals surface area contributed by atoms with Crippen LogP contribution in [0, 0.1) is 23.7 Å². The number of nitrogens with one attached hydrogen (secondary N) is 1. The van der Waals surface area contributed by atoms with Gasteiger partial charge in [-0.15, -0.1) is 0 Å². The number of fused-ring (bicyclic) bond motifs is 2. The van der Waals surface area contributed by atoms with E-state index in [1.807, 2.05) is 0 Å². The summed E-state index contributed by atoms with van der Waals surface area (Å²) in [6.07, 6.45) is 7.62. The molecule has 2 aliphatic carbocycles. The molecule has 1 aromatic carbocycles. The highest BCUT2D eigenvalue weighted by molar-refractivity contribution is 7.89. The van der Waals surface area contributed by atoms with Gasteiger partial charge in [0.1, 0.15) is 4.90 Å². The molecule has 3 unspecified atom stereocenters. The number of hydrogen-bond donors (Lipinski definition) is 1. The van der Waals surface area contributed by atoms with Crippen LogP contribution in [-0.4, -0.2) is 38.3 Å². The lowest BCUT2D eigenvalue weighted by atomic mass is 9.86. The van der Waals surface area contributed by atoms with Gasteiger partial charge in [0, 0.05) is 30.6 Å². The molecule has 3 fully saturated rings. The SMILES string of the molecule is O=C(NCCC1CC2CCC1C2)C1CCN(S(=O)(=O)c2cc(Cl)ccc2Cl)CC1. The van der Waals surface area contributed by atoms with E-state index in [9.17, 15) is 13.2 Å². The molecule has 1 saturated heterocycles. The van der Waals surface area contributed by atoms with Crippen molar-refractivity contribution in [3.05, 3.63) is 28.2 Å². The summed E-state index contributed by atoms with van der Waals surface area (Å²) in [5, 5.41) is 3.59. The Morgan fingerprint density at radius 2 is 1.86 bits per heavy atom. The van der Waals surface area contributed by atoms with E-state index >= 15 is 0 Å². The van der Waals surface area contributed by atoms with Crippen LogP contribution in [0.15, 0.2) is 23.1 Å². The average Bonchev–Trinajstić information content (AvgIpc) is 3.33. The van der Waals surface area contributed by atoms with Crippen LogP contribution in [0.25, 0.3) is 0 Å². The van der Waals surface area contributed by atoms with Crippen molar-refractivity contribution in [2.75, 3.05) is 19.6 Å². The summed E-state index contributed by atoms with van der Waals surface area (Å²) in [5.41, 5.74) is 0. The Balaban J connectivity index is 1.26. The number of sulfonamides is 1. The number of carbonyl (C=O) groups is 1. The average molecular weight is 459 g/mol. The van der Waals surface area contributed by atoms with Crippen molar-refractivity contribution in [2.24, 2.45) is 23.7 Å². The van der Waals surface area contributed by atoms with E-state index in [0.717, 1.165) is 30.7 Å². The van der Waals surface area contributed by atoms with Crippen LogP contribution in [0.2, 0.25) is 10.0 Å². The second kappa shape index (κ2) is 8.74. The molecule has 1 heterocycles. The molecule has 1 N–H and O–H groups in total. The van der Waals surface area contributed by atoms with Gasteiger partial charge < -0.3 is 5.32 Å². The fraction of sp³-hybridized carbons (Fsp3) is 0.667. The number of benzene rings is 1. The number of carbonyl (C=O) groups excluding carboxylic acids is 1. The second-order valence-electron chi connectivity index (χ2n) is 8.77. The quantitative estimate of drug-likeness (QED) is 0.689. The predicted octanol–water partition coefficient (Wildman–Crippen LogP) is 4.34. The van der Waals surface area contributed by atoms with E-state index in [2.05, 4.69) is 5.32 Å². The molecule has 1 aliphatic heterocycles. The minimum atomic E-state index is -3.71. The highest BCUT2D eigenvalue weighted by Crippen LogP contribution is 2.49. The molecule has 5 nitrogen and oxygen atoms in total. The molecule has 4 rings (SSSR count). The smallest absolute Gasteiger partial charge is 0.244 e. The first-order valence-electron chi connectivity index (χ1n) is 10.6. The Morgan fingerprint density at radius 1 is 1.10 bits per heavy atom. The van der Waals surface area contributed by atoms with Gasteiger partial charge in [-0.25, -0.2) is 8.42 Å². The maximum atomic E-state index is 12.9. The van der Waals surface area contributed by atoms with Crippen LogP contribution in [-0.2, 0) is 14.8 Å². The van der Waals surface area contributed by atoms with Gasteiger partial charge in [0.25, 0.3) is 0 Å². The second-order valence-corrected chi connectivity index (χ2v) is 11.5. The normalized spacial score (nSPS) is 28.0. The lowest BCUT2D eigenvalue weighted by Gasteiger charge is -2.31. The maximum absolute atomic E-state index is 12.9. The number of nitrogens with zero attached hydrogens (tertiary/aromatic N) is 1. The number of rotatable bonds is 6. The lowest BCUT2D eigenvalue weighted by Crippen LogP contribution is -2.43. The van der Waals surface area contributed by atoms with Crippen LogP contribution >= 0.6 is 23.2 Å². The summed E-state index contributed by atoms with van der Waals surface area (Å²) in [7, 11) is -3.71. The third-order valence-corrected chi connectivity index (χ3v) is 9.65. The Kier molecular flexibility index (Phi) is 6.45. The molecule has 160 valence electrons. The van der Waals surface area contributed by atoms with Crippen molar-refractivity contribution in [1.29, 1.82) is 0 Å². The Labute approximate surface area is 183 Å². The van der Waals surface area contributed by atoms with Gasteiger partial charge in [0.05, 0.1) is 5.02 Å². The minimum Gasteiger partial charge on any atom is -0.356 e. The molecule has 2 bridgehead atoms. The Bertz CT molecular complexity index is 869. The van der Waals surface area contributed by atoms with Crippen molar-refractivity contribution < 1.29 is 13.2 Å². The van der Waals surface area contributed by atoms with E-state index in [-0.39, 0.29) is 21.7 Å². The summed E-state index contributed by atoms with van der Waals surface area (Å²) in [6.45, 7) is 1.37. The van der Waals surface area contributed by atoms with Gasteiger partial charge in [-0.1, -0.05) is 29.6 Å². The molecule has 29 heavy (non-hydrogen) atoms. The van der Waals surface area contributed by atoms with Gasteiger partial charge in [-0.3, -0.25) is 4.79 Å². The van der Waals surface area contributed by atoms with Crippen molar-refractivity contribution in [3.63, 3.8) is 0 Å². The summed E-state index contributed by atoms with van der Waals surface area (Å²) in [5.74, 6) is 2.52. The highest BCUT2D eigenvalue weighted by Gasteiger charge is 2.39. The zero-order chi connectivity index (χ0) is 20.6. The molecule has 0 radical (unpaired) electrons. The van der Waals surface area contributed by atoms with Crippen LogP contribution in [0.5, 0.6) is 0 Å². The molecule has 2 saturated carbocycles. The van der Waals surface area contributed by atoms with E-state index in [1.54, 1.807) is 6.07 Å². The maximum Gasteiger partial charge on any atom is 0.244 e. The third kappa shape index (κ3) is 4.60. The molecular formula is C21H28Cl2N2O3S. The Morgan fingerprint density at radius 3 is 2.52 bits per heavy atom. The summed E-state index contributed by atoms with van der Waals surface area (Å²) in [6, 6.07) is 4.44. The number of amides is 1. The predicted molar refractivity (Wildman–Crippen MR) is 115 cm³/mol. The molecule has 0 aromatic heterocycles. The van der Waals surface area contributed by atoms with Crippen LogP contribution < -0.4 is 5.32 Å². The van der Waals surface area contributed by atoms with Gasteiger partial charge in [-0.2, -0.15) is 4.31 Å². The van der Waals surface area contributed by atoms with Gasteiger partial charge in [0.15, 0.2) is 0 Å². The zero-order valence-electron chi connectivity index (χ0n) is 16.4. The summed E-state index contributed by atoms with van der Waals surface area (Å²) >= 11 is 12.0. The number of hydrogen-bond acceptors (Lipinski definition) is 3. The molecule has 1 aromatic rings. The molecule has 8 heteroatoms. The summed E-state index contributed by atoms with van der Waals surface area (Å²) < 4.78 is 27.2. The first-order chi connectivity index (χ1) is 13.8. The topological polar surface area (TPSA) is 66.5 Å². The van der Waals surface area contributed by atoms with Crippen LogP contribution in [0.3, 0.4) is 0 Å². The molecule has 0 spiro atoms. The highest BCUT2D eigenvalue weighted by atomic mass is 35.5. The molecular weight excluding hydrogens is 431 g/mol. The Hall–Kier alpha value is -0.820. The third-order valence-electron chi connectivity index (χ3n) is 7.03. The largest absolute Gasteiger partial charge is 0.356 e. The van der Waals surface area contributed by atoms with Crippen LogP contribution in [0.1, 0.15) is 44.9 Å². The number of halogens is 2. The van der Waals surface area contributed by atoms with E-state index < -0.39 is 10.0 Å². The van der Waals surface area contributed by atoms with E-state index in [4.69, 9.17) is 23.2 Å². The fourth-order valence-electron chi connectivity index (χ4n) is 5.43. The first-order valence-corrected chi connectivity index (χ1v) is 12.8. The molecule has 3 aliphatic rings. The zero-order valence-corrected chi connectivity index (χ0v) is 18.8. The van der Waals surface area contributed by atoms with Crippen LogP contribution in [0.4, 0.5) is 0 Å². The lowest BCUT2D eigenvalue weighted by molar-refractivity contribution is -0.126. The van der Waals surface area contributed by atoms with Crippen molar-refractivity contribution in [2.45, 2.75) is 49.8 Å². The molecule has 3 atom stereocenters. The standard InChI is InChI=1S/C21H28Cl2N2O3S/c22-18-3-4-19(23)20(13-18)29(27,28)25-9-6-15(7-10-25)21(26)24-8-5-17-12-14-1-2-16(17)11-14/h3-4,13-17H,1-2,5-12H2,(H,24,26). The van der Waals surface area contributed by atoms with Gasteiger partial charge >= 0.3 is 0 Å². The van der Waals surface area contributed by atoms with Crippen molar-refractivity contribution >= 4 is 39.1 Å². The first kappa shape index (κ1) is 21.4. The fourth-order valence-corrected chi connectivity index (χ4v) is 7.63. The molecule has 1 amide bonds. The van der Waals surface area contributed by atoms with Gasteiger partial charge in [-0.05, 0) is 74.5 Å². The van der Waals surface area contributed by atoms with E-state index in [1.165, 1.54) is 42.1 Å². The van der Waals surface area contributed by atoms with Crippen molar-refractivity contribution in [1.82, 2.24) is 9.62 Å². The number of piperidine rings is 1. The monoisotopic (exact) mass is 458 g/mol. The van der Waals surface area contributed by atoms with Gasteiger partial charge in [0.2, 0.25) is 15.9 Å².